The molecule has 0 atom stereocenters. The molecule has 0 aliphatic rings. The van der Waals surface area contributed by atoms with Crippen molar-refractivity contribution in [2.75, 3.05) is 0 Å². The quantitative estimate of drug-likeness (QED) is 0.815. The van der Waals surface area contributed by atoms with Crippen molar-refractivity contribution in [3.63, 3.8) is 0 Å². The van der Waals surface area contributed by atoms with E-state index in [1.54, 1.807) is 6.20 Å². The number of hydrogen-bond acceptors (Lipinski definition) is 3. The van der Waals surface area contributed by atoms with Gasteiger partial charge in [0.15, 0.2) is 0 Å². The molecule has 0 fully saturated rings. The number of thiol groups is 1. The van der Waals surface area contributed by atoms with Gasteiger partial charge in [-0.05, 0) is 42.3 Å². The summed E-state index contributed by atoms with van der Waals surface area (Å²) in [7, 11) is 0. The minimum atomic E-state index is 0.574. The Bertz CT molecular complexity index is 537. The molecule has 19 heavy (non-hydrogen) atoms. The maximum atomic E-state index is 5.76. The van der Waals surface area contributed by atoms with Crippen molar-refractivity contribution < 1.29 is 4.74 Å². The first-order valence-electron chi connectivity index (χ1n) is 6.72. The zero-order chi connectivity index (χ0) is 13.7. The molecule has 0 saturated heterocycles. The molecule has 3 nitrogen and oxygen atoms in total. The van der Waals surface area contributed by atoms with Crippen molar-refractivity contribution in [3.8, 4) is 5.88 Å². The van der Waals surface area contributed by atoms with E-state index in [0.29, 0.717) is 12.5 Å². The van der Waals surface area contributed by atoms with E-state index in [0.717, 1.165) is 19.3 Å². The summed E-state index contributed by atoms with van der Waals surface area (Å²) in [4.78, 5) is 0. The summed E-state index contributed by atoms with van der Waals surface area (Å²) >= 11 is 4.10. The normalized spacial score (nSPS) is 10.7. The Kier molecular flexibility index (Phi) is 4.91. The summed E-state index contributed by atoms with van der Waals surface area (Å²) in [5, 5.41) is 4.12. The highest BCUT2D eigenvalue weighted by Crippen LogP contribution is 2.20. The third kappa shape index (κ3) is 3.53. The molecule has 0 spiro atoms. The number of benzene rings is 1. The Labute approximate surface area is 120 Å². The average molecular weight is 276 g/mol. The predicted molar refractivity (Wildman–Crippen MR) is 80.8 cm³/mol. The predicted octanol–water partition coefficient (Wildman–Crippen LogP) is 3.67. The molecule has 0 saturated carbocycles. The van der Waals surface area contributed by atoms with Crippen molar-refractivity contribution >= 4 is 12.8 Å². The van der Waals surface area contributed by atoms with Gasteiger partial charge >= 0.3 is 0 Å². The number of nitrogens with zero attached hydrogens (tertiary/aromatic N) is 2. The summed E-state index contributed by atoms with van der Waals surface area (Å²) < 4.78 is 7.21. The zero-order valence-corrected chi connectivity index (χ0v) is 12.4. The van der Waals surface area contributed by atoms with Gasteiger partial charge in [-0.1, -0.05) is 38.5 Å². The summed E-state index contributed by atoms with van der Waals surface area (Å²) in [5.74, 6) is 0.614. The van der Waals surface area contributed by atoms with Crippen LogP contribution in [0, 0.1) is 0 Å². The van der Waals surface area contributed by atoms with E-state index in [1.807, 2.05) is 6.07 Å². The first-order chi connectivity index (χ1) is 9.24. The van der Waals surface area contributed by atoms with Crippen molar-refractivity contribution in [1.82, 2.24) is 9.19 Å². The molecule has 4 heteroatoms. The first-order valence-corrected chi connectivity index (χ1v) is 7.12. The lowest BCUT2D eigenvalue weighted by Crippen LogP contribution is -2.05. The van der Waals surface area contributed by atoms with Crippen LogP contribution < -0.4 is 4.74 Å². The number of ether oxygens (including phenoxy) is 1. The van der Waals surface area contributed by atoms with Gasteiger partial charge in [-0.3, -0.25) is 0 Å². The average Bonchev–Trinajstić information content (AvgIpc) is 2.83. The van der Waals surface area contributed by atoms with Crippen molar-refractivity contribution in [1.29, 1.82) is 0 Å². The molecular weight excluding hydrogens is 256 g/mol. The van der Waals surface area contributed by atoms with Crippen LogP contribution in [0.4, 0.5) is 0 Å². The van der Waals surface area contributed by atoms with Crippen LogP contribution in [-0.2, 0) is 19.4 Å². The van der Waals surface area contributed by atoms with Crippen LogP contribution in [0.25, 0.3) is 0 Å². The Balaban J connectivity index is 2.17. The molecule has 2 aromatic rings. The van der Waals surface area contributed by atoms with E-state index < -0.39 is 0 Å². The molecule has 0 aliphatic heterocycles. The van der Waals surface area contributed by atoms with Crippen molar-refractivity contribution in [2.45, 2.75) is 39.7 Å². The van der Waals surface area contributed by atoms with Gasteiger partial charge < -0.3 is 4.74 Å². The molecule has 1 heterocycles. The van der Waals surface area contributed by atoms with Crippen LogP contribution in [0.3, 0.4) is 0 Å². The standard InChI is InChI=1S/C15H20N2OS/c1-3-6-13-8-5-7-12(4-2)14(13)11-18-15-9-10-17(19)16-15/h5,7-10,19H,3-4,6,11H2,1-2H3. The molecule has 1 aromatic carbocycles. The second-order valence-electron chi connectivity index (χ2n) is 4.52. The molecule has 0 unspecified atom stereocenters. The summed E-state index contributed by atoms with van der Waals surface area (Å²) in [6.45, 7) is 4.95. The topological polar surface area (TPSA) is 27.1 Å². The van der Waals surface area contributed by atoms with Crippen LogP contribution in [0.5, 0.6) is 5.88 Å². The molecule has 2 rings (SSSR count). The maximum absolute atomic E-state index is 5.76. The number of rotatable bonds is 6. The van der Waals surface area contributed by atoms with E-state index in [-0.39, 0.29) is 0 Å². The third-order valence-electron chi connectivity index (χ3n) is 3.19. The van der Waals surface area contributed by atoms with E-state index in [2.05, 4.69) is 50.0 Å². The lowest BCUT2D eigenvalue weighted by atomic mass is 9.97. The molecule has 0 amide bonds. The van der Waals surface area contributed by atoms with Gasteiger partial charge in [0.05, 0.1) is 0 Å². The highest BCUT2D eigenvalue weighted by molar-refractivity contribution is 7.78. The van der Waals surface area contributed by atoms with Crippen LogP contribution >= 0.6 is 12.8 Å². The van der Waals surface area contributed by atoms with Crippen molar-refractivity contribution in [3.05, 3.63) is 47.2 Å². The number of hydrogen-bond donors (Lipinski definition) is 1. The highest BCUT2D eigenvalue weighted by Gasteiger charge is 2.08. The second-order valence-corrected chi connectivity index (χ2v) is 4.93. The molecular formula is C15H20N2OS. The molecule has 0 radical (unpaired) electrons. The van der Waals surface area contributed by atoms with Gasteiger partial charge in [-0.15, -0.1) is 5.10 Å². The zero-order valence-electron chi connectivity index (χ0n) is 11.5. The fourth-order valence-electron chi connectivity index (χ4n) is 2.23. The largest absolute Gasteiger partial charge is 0.472 e. The molecule has 1 aromatic heterocycles. The minimum Gasteiger partial charge on any atom is -0.472 e. The monoisotopic (exact) mass is 276 g/mol. The Morgan fingerprint density at radius 2 is 2.00 bits per heavy atom. The van der Waals surface area contributed by atoms with Gasteiger partial charge in [0.1, 0.15) is 6.61 Å². The van der Waals surface area contributed by atoms with Gasteiger partial charge in [-0.25, -0.2) is 4.09 Å². The summed E-state index contributed by atoms with van der Waals surface area (Å²) in [6.07, 6.45) is 5.02. The second kappa shape index (κ2) is 6.66. The van der Waals surface area contributed by atoms with Gasteiger partial charge in [-0.2, -0.15) is 0 Å². The van der Waals surface area contributed by atoms with Crippen LogP contribution in [0.1, 0.15) is 37.0 Å². The first kappa shape index (κ1) is 14.0. The van der Waals surface area contributed by atoms with E-state index in [9.17, 15) is 0 Å². The molecule has 0 bridgehead atoms. The molecule has 102 valence electrons. The minimum absolute atomic E-state index is 0.574. The van der Waals surface area contributed by atoms with Crippen molar-refractivity contribution in [2.24, 2.45) is 0 Å². The van der Waals surface area contributed by atoms with E-state index in [1.165, 1.54) is 20.8 Å². The lowest BCUT2D eigenvalue weighted by Gasteiger charge is -2.13. The van der Waals surface area contributed by atoms with Crippen LogP contribution in [-0.4, -0.2) is 9.19 Å². The maximum Gasteiger partial charge on any atom is 0.234 e. The molecule has 0 N–H and O–H groups in total. The van der Waals surface area contributed by atoms with Gasteiger partial charge in [0, 0.05) is 12.3 Å². The summed E-state index contributed by atoms with van der Waals surface area (Å²) in [5.41, 5.74) is 4.05. The highest BCUT2D eigenvalue weighted by atomic mass is 32.1. The third-order valence-corrected chi connectivity index (χ3v) is 3.41. The van der Waals surface area contributed by atoms with E-state index in [4.69, 9.17) is 4.74 Å². The van der Waals surface area contributed by atoms with Gasteiger partial charge in [0.2, 0.25) is 5.88 Å². The van der Waals surface area contributed by atoms with Crippen LogP contribution in [0.15, 0.2) is 30.5 Å². The SMILES string of the molecule is CCCc1cccc(CC)c1COc1ccn(S)n1. The fraction of sp³-hybridized carbons (Fsp3) is 0.400. The molecule has 0 aliphatic carbocycles. The van der Waals surface area contributed by atoms with Crippen LogP contribution in [0.2, 0.25) is 0 Å². The van der Waals surface area contributed by atoms with Gasteiger partial charge in [0.25, 0.3) is 0 Å². The number of aromatic nitrogens is 2. The lowest BCUT2D eigenvalue weighted by molar-refractivity contribution is 0.290. The number of aryl methyl sites for hydroxylation is 2. The Hall–Kier alpha value is -1.42. The Morgan fingerprint density at radius 3 is 2.63 bits per heavy atom. The Morgan fingerprint density at radius 1 is 1.21 bits per heavy atom. The smallest absolute Gasteiger partial charge is 0.234 e. The van der Waals surface area contributed by atoms with E-state index >= 15 is 0 Å². The fourth-order valence-corrected chi connectivity index (χ4v) is 2.38. The summed E-state index contributed by atoms with van der Waals surface area (Å²) in [6, 6.07) is 8.32.